The summed E-state index contributed by atoms with van der Waals surface area (Å²) in [5.41, 5.74) is 1.24. The molecule has 1 aromatic carbocycles. The molecule has 0 amide bonds. The molecular weight excluding hydrogens is 214 g/mol. The predicted molar refractivity (Wildman–Crippen MR) is 70.8 cm³/mol. The molecule has 96 valence electrons. The molecule has 0 radical (unpaired) electrons. The fourth-order valence-corrected chi connectivity index (χ4v) is 2.06. The standard InChI is InChI=1S/C14H23NO2/c1-6-10(2)14(15-3)11-7-8-12(16-4)13(9-11)17-5/h7-10,14-15H,6H2,1-5H3. The van der Waals surface area contributed by atoms with Gasteiger partial charge in [-0.25, -0.2) is 0 Å². The van der Waals surface area contributed by atoms with Crippen LogP contribution >= 0.6 is 0 Å². The van der Waals surface area contributed by atoms with Crippen LogP contribution in [0.3, 0.4) is 0 Å². The Kier molecular flexibility index (Phi) is 5.29. The second-order valence-electron chi connectivity index (χ2n) is 4.27. The van der Waals surface area contributed by atoms with Gasteiger partial charge < -0.3 is 14.8 Å². The Morgan fingerprint density at radius 1 is 1.18 bits per heavy atom. The van der Waals surface area contributed by atoms with Crippen LogP contribution < -0.4 is 14.8 Å². The van der Waals surface area contributed by atoms with Gasteiger partial charge in [-0.2, -0.15) is 0 Å². The van der Waals surface area contributed by atoms with Crippen molar-refractivity contribution in [2.45, 2.75) is 26.3 Å². The summed E-state index contributed by atoms with van der Waals surface area (Å²) >= 11 is 0. The maximum Gasteiger partial charge on any atom is 0.161 e. The summed E-state index contributed by atoms with van der Waals surface area (Å²) in [7, 11) is 5.31. The Balaban J connectivity index is 3.04. The third-order valence-corrected chi connectivity index (χ3v) is 3.29. The van der Waals surface area contributed by atoms with Crippen molar-refractivity contribution in [1.29, 1.82) is 0 Å². The molecule has 0 heterocycles. The zero-order chi connectivity index (χ0) is 12.8. The average molecular weight is 237 g/mol. The van der Waals surface area contributed by atoms with Crippen LogP contribution in [0.4, 0.5) is 0 Å². The van der Waals surface area contributed by atoms with Crippen molar-refractivity contribution in [3.63, 3.8) is 0 Å². The number of hydrogen-bond acceptors (Lipinski definition) is 3. The van der Waals surface area contributed by atoms with Crippen LogP contribution in [0.1, 0.15) is 31.9 Å². The molecule has 0 aliphatic rings. The monoisotopic (exact) mass is 237 g/mol. The molecule has 0 aromatic heterocycles. The van der Waals surface area contributed by atoms with E-state index in [1.165, 1.54) is 5.56 Å². The molecular formula is C14H23NO2. The lowest BCUT2D eigenvalue weighted by molar-refractivity contribution is 0.351. The Morgan fingerprint density at radius 3 is 2.29 bits per heavy atom. The van der Waals surface area contributed by atoms with E-state index >= 15 is 0 Å². The van der Waals surface area contributed by atoms with Gasteiger partial charge in [-0.1, -0.05) is 26.3 Å². The van der Waals surface area contributed by atoms with Crippen molar-refractivity contribution in [3.05, 3.63) is 23.8 Å². The summed E-state index contributed by atoms with van der Waals surface area (Å²) in [5, 5.41) is 3.36. The highest BCUT2D eigenvalue weighted by atomic mass is 16.5. The molecule has 0 bridgehead atoms. The molecule has 17 heavy (non-hydrogen) atoms. The highest BCUT2D eigenvalue weighted by molar-refractivity contribution is 5.43. The normalized spacial score (nSPS) is 14.2. The molecule has 0 spiro atoms. The van der Waals surface area contributed by atoms with Crippen LogP contribution in [-0.2, 0) is 0 Å². The third kappa shape index (κ3) is 3.13. The molecule has 2 unspecified atom stereocenters. The van der Waals surface area contributed by atoms with E-state index in [2.05, 4.69) is 25.2 Å². The molecule has 0 saturated heterocycles. The van der Waals surface area contributed by atoms with E-state index in [9.17, 15) is 0 Å². The van der Waals surface area contributed by atoms with Crippen molar-refractivity contribution >= 4 is 0 Å². The van der Waals surface area contributed by atoms with Crippen molar-refractivity contribution in [2.75, 3.05) is 21.3 Å². The van der Waals surface area contributed by atoms with E-state index in [4.69, 9.17) is 9.47 Å². The molecule has 1 aromatic rings. The van der Waals surface area contributed by atoms with E-state index in [-0.39, 0.29) is 0 Å². The van der Waals surface area contributed by atoms with E-state index in [0.29, 0.717) is 12.0 Å². The Hall–Kier alpha value is -1.22. The van der Waals surface area contributed by atoms with E-state index in [1.54, 1.807) is 14.2 Å². The van der Waals surface area contributed by atoms with Crippen molar-refractivity contribution < 1.29 is 9.47 Å². The van der Waals surface area contributed by atoms with Crippen LogP contribution in [0.25, 0.3) is 0 Å². The van der Waals surface area contributed by atoms with Crippen molar-refractivity contribution in [2.24, 2.45) is 5.92 Å². The molecule has 3 heteroatoms. The van der Waals surface area contributed by atoms with Gasteiger partial charge >= 0.3 is 0 Å². The highest BCUT2D eigenvalue weighted by Crippen LogP contribution is 2.32. The lowest BCUT2D eigenvalue weighted by Gasteiger charge is -2.23. The first-order valence-electron chi connectivity index (χ1n) is 6.07. The number of methoxy groups -OCH3 is 2. The number of ether oxygens (including phenoxy) is 2. The number of hydrogen-bond donors (Lipinski definition) is 1. The Bertz CT molecular complexity index is 352. The maximum absolute atomic E-state index is 5.33. The van der Waals surface area contributed by atoms with E-state index < -0.39 is 0 Å². The van der Waals surface area contributed by atoms with Crippen LogP contribution in [0.15, 0.2) is 18.2 Å². The molecule has 1 N–H and O–H groups in total. The smallest absolute Gasteiger partial charge is 0.161 e. The average Bonchev–Trinajstić information content (AvgIpc) is 2.38. The number of benzene rings is 1. The molecule has 1 rings (SSSR count). The van der Waals surface area contributed by atoms with Gasteiger partial charge in [-0.15, -0.1) is 0 Å². The zero-order valence-electron chi connectivity index (χ0n) is 11.4. The summed E-state index contributed by atoms with van der Waals surface area (Å²) in [6.07, 6.45) is 1.14. The van der Waals surface area contributed by atoms with Gasteiger partial charge in [0.1, 0.15) is 0 Å². The summed E-state index contributed by atoms with van der Waals surface area (Å²) in [6, 6.07) is 6.45. The van der Waals surface area contributed by atoms with Crippen LogP contribution in [0, 0.1) is 5.92 Å². The number of nitrogens with one attached hydrogen (secondary N) is 1. The third-order valence-electron chi connectivity index (χ3n) is 3.29. The predicted octanol–water partition coefficient (Wildman–Crippen LogP) is 3.01. The first-order chi connectivity index (χ1) is 8.17. The summed E-state index contributed by atoms with van der Waals surface area (Å²) < 4.78 is 10.6. The summed E-state index contributed by atoms with van der Waals surface area (Å²) in [5.74, 6) is 2.14. The maximum atomic E-state index is 5.33. The first-order valence-corrected chi connectivity index (χ1v) is 6.07. The Morgan fingerprint density at radius 2 is 1.82 bits per heavy atom. The number of rotatable bonds is 6. The van der Waals surface area contributed by atoms with Crippen molar-refractivity contribution in [3.8, 4) is 11.5 Å². The van der Waals surface area contributed by atoms with E-state index in [1.807, 2.05) is 19.2 Å². The first kappa shape index (κ1) is 13.8. The SMILES string of the molecule is CCC(C)C(NC)c1ccc(OC)c(OC)c1. The molecule has 0 aliphatic carbocycles. The minimum absolute atomic E-state index is 0.347. The molecule has 0 fully saturated rings. The summed E-state index contributed by atoms with van der Waals surface area (Å²) in [6.45, 7) is 4.45. The summed E-state index contributed by atoms with van der Waals surface area (Å²) in [4.78, 5) is 0. The second kappa shape index (κ2) is 6.50. The van der Waals surface area contributed by atoms with E-state index in [0.717, 1.165) is 17.9 Å². The minimum atomic E-state index is 0.347. The molecule has 0 saturated carbocycles. The quantitative estimate of drug-likeness (QED) is 0.825. The van der Waals surface area contributed by atoms with Gasteiger partial charge in [0.15, 0.2) is 11.5 Å². The van der Waals surface area contributed by atoms with Crippen molar-refractivity contribution in [1.82, 2.24) is 5.32 Å². The van der Waals surface area contributed by atoms with Gasteiger partial charge in [-0.3, -0.25) is 0 Å². The fourth-order valence-electron chi connectivity index (χ4n) is 2.06. The minimum Gasteiger partial charge on any atom is -0.493 e. The van der Waals surface area contributed by atoms with Gasteiger partial charge in [0, 0.05) is 6.04 Å². The fraction of sp³-hybridized carbons (Fsp3) is 0.571. The van der Waals surface area contributed by atoms with Gasteiger partial charge in [0.25, 0.3) is 0 Å². The molecule has 3 nitrogen and oxygen atoms in total. The van der Waals surface area contributed by atoms with Crippen LogP contribution in [-0.4, -0.2) is 21.3 Å². The lowest BCUT2D eigenvalue weighted by atomic mass is 9.92. The molecule has 2 atom stereocenters. The van der Waals surface area contributed by atoms with Gasteiger partial charge in [-0.05, 0) is 30.7 Å². The second-order valence-corrected chi connectivity index (χ2v) is 4.27. The van der Waals surface area contributed by atoms with Gasteiger partial charge in [0.05, 0.1) is 14.2 Å². The van der Waals surface area contributed by atoms with Crippen LogP contribution in [0.5, 0.6) is 11.5 Å². The Labute approximate surface area is 104 Å². The molecule has 0 aliphatic heterocycles. The highest BCUT2D eigenvalue weighted by Gasteiger charge is 2.17. The van der Waals surface area contributed by atoms with Crippen LogP contribution in [0.2, 0.25) is 0 Å². The largest absolute Gasteiger partial charge is 0.493 e. The topological polar surface area (TPSA) is 30.5 Å². The lowest BCUT2D eigenvalue weighted by Crippen LogP contribution is -2.23. The zero-order valence-corrected chi connectivity index (χ0v) is 11.4. The van der Waals surface area contributed by atoms with Gasteiger partial charge in [0.2, 0.25) is 0 Å².